The van der Waals surface area contributed by atoms with Crippen molar-refractivity contribution in [2.75, 3.05) is 12.3 Å². The van der Waals surface area contributed by atoms with E-state index >= 15 is 0 Å². The lowest BCUT2D eigenvalue weighted by Crippen LogP contribution is -2.40. The Bertz CT molecular complexity index is 613. The smallest absolute Gasteiger partial charge is 0.243 e. The minimum absolute atomic E-state index is 0.202. The van der Waals surface area contributed by atoms with Crippen molar-refractivity contribution >= 4 is 15.7 Å². The molecule has 5 nitrogen and oxygen atoms in total. The van der Waals surface area contributed by atoms with Gasteiger partial charge in [0.2, 0.25) is 10.0 Å². The van der Waals surface area contributed by atoms with Crippen LogP contribution in [0, 0.1) is 11.6 Å². The lowest BCUT2D eigenvalue weighted by atomic mass is 10.0. The second-order valence-electron chi connectivity index (χ2n) is 5.06. The molecular formula is C12H16F2N2O3S. The fraction of sp³-hybridized carbons (Fsp3) is 0.500. The number of aliphatic hydroxyl groups is 1. The highest BCUT2D eigenvalue weighted by Gasteiger charge is 2.33. The van der Waals surface area contributed by atoms with Crippen LogP contribution in [0.3, 0.4) is 0 Å². The van der Waals surface area contributed by atoms with Crippen LogP contribution in [-0.4, -0.2) is 25.7 Å². The van der Waals surface area contributed by atoms with E-state index in [0.717, 1.165) is 18.9 Å². The number of nitrogens with two attached hydrogens (primary N) is 1. The third kappa shape index (κ3) is 3.08. The molecule has 1 aliphatic rings. The van der Waals surface area contributed by atoms with Gasteiger partial charge < -0.3 is 10.8 Å². The van der Waals surface area contributed by atoms with E-state index in [4.69, 9.17) is 5.73 Å². The summed E-state index contributed by atoms with van der Waals surface area (Å²) in [6.45, 7) is -0.202. The van der Waals surface area contributed by atoms with Gasteiger partial charge in [-0.3, -0.25) is 0 Å². The Morgan fingerprint density at radius 1 is 1.25 bits per heavy atom. The molecule has 1 aliphatic carbocycles. The Morgan fingerprint density at radius 2 is 1.85 bits per heavy atom. The number of anilines is 1. The van der Waals surface area contributed by atoms with Crippen LogP contribution in [0.15, 0.2) is 17.0 Å². The maximum absolute atomic E-state index is 13.5. The number of benzene rings is 1. The molecule has 112 valence electrons. The van der Waals surface area contributed by atoms with Gasteiger partial charge in [0, 0.05) is 12.6 Å². The van der Waals surface area contributed by atoms with Gasteiger partial charge in [-0.1, -0.05) is 12.8 Å². The van der Waals surface area contributed by atoms with E-state index in [1.54, 1.807) is 0 Å². The number of rotatable bonds is 4. The van der Waals surface area contributed by atoms with Gasteiger partial charge in [-0.2, -0.15) is 0 Å². The molecule has 0 unspecified atom stereocenters. The Balaban J connectivity index is 2.20. The summed E-state index contributed by atoms with van der Waals surface area (Å²) in [6.07, 6.45) is 2.61. The van der Waals surface area contributed by atoms with Gasteiger partial charge >= 0.3 is 0 Å². The van der Waals surface area contributed by atoms with E-state index in [9.17, 15) is 22.3 Å². The molecule has 20 heavy (non-hydrogen) atoms. The lowest BCUT2D eigenvalue weighted by Gasteiger charge is -2.22. The highest BCUT2D eigenvalue weighted by Crippen LogP contribution is 2.29. The molecule has 0 spiro atoms. The predicted molar refractivity (Wildman–Crippen MR) is 69.4 cm³/mol. The van der Waals surface area contributed by atoms with Gasteiger partial charge in [-0.25, -0.2) is 21.9 Å². The summed E-state index contributed by atoms with van der Waals surface area (Å²) in [4.78, 5) is -0.724. The average molecular weight is 306 g/mol. The van der Waals surface area contributed by atoms with Crippen molar-refractivity contribution in [2.45, 2.75) is 36.2 Å². The van der Waals surface area contributed by atoms with Crippen LogP contribution in [0.25, 0.3) is 0 Å². The lowest BCUT2D eigenvalue weighted by molar-refractivity contribution is 0.0531. The molecule has 0 amide bonds. The summed E-state index contributed by atoms with van der Waals surface area (Å²) in [6, 6.07) is 1.15. The summed E-state index contributed by atoms with van der Waals surface area (Å²) >= 11 is 0. The molecule has 0 atom stereocenters. The first-order chi connectivity index (χ1) is 9.23. The van der Waals surface area contributed by atoms with Crippen molar-refractivity contribution in [3.8, 4) is 0 Å². The first kappa shape index (κ1) is 15.1. The number of hydrogen-bond acceptors (Lipinski definition) is 4. The topological polar surface area (TPSA) is 92.4 Å². The number of nitrogen functional groups attached to an aromatic ring is 1. The highest BCUT2D eigenvalue weighted by atomic mass is 32.2. The Kier molecular flexibility index (Phi) is 3.99. The fourth-order valence-electron chi connectivity index (χ4n) is 2.27. The molecule has 1 aromatic carbocycles. The van der Waals surface area contributed by atoms with E-state index in [-0.39, 0.29) is 6.54 Å². The maximum atomic E-state index is 13.5. The molecule has 1 aromatic rings. The largest absolute Gasteiger partial charge is 0.396 e. The minimum atomic E-state index is -4.19. The molecule has 2 rings (SSSR count). The maximum Gasteiger partial charge on any atom is 0.243 e. The van der Waals surface area contributed by atoms with Gasteiger partial charge in [-0.05, 0) is 18.9 Å². The molecule has 1 fully saturated rings. The highest BCUT2D eigenvalue weighted by molar-refractivity contribution is 7.89. The van der Waals surface area contributed by atoms with Gasteiger partial charge in [0.15, 0.2) is 0 Å². The summed E-state index contributed by atoms with van der Waals surface area (Å²) in [5.74, 6) is -2.24. The van der Waals surface area contributed by atoms with Crippen LogP contribution in [-0.2, 0) is 10.0 Å². The summed E-state index contributed by atoms with van der Waals surface area (Å²) in [5, 5.41) is 10.1. The van der Waals surface area contributed by atoms with Crippen molar-refractivity contribution in [1.29, 1.82) is 0 Å². The number of sulfonamides is 1. The van der Waals surface area contributed by atoms with Gasteiger partial charge in [-0.15, -0.1) is 0 Å². The predicted octanol–water partition coefficient (Wildman–Crippen LogP) is 1.13. The number of hydrogen-bond donors (Lipinski definition) is 3. The molecule has 4 N–H and O–H groups in total. The number of halogens is 2. The van der Waals surface area contributed by atoms with Crippen molar-refractivity contribution in [3.63, 3.8) is 0 Å². The zero-order valence-corrected chi connectivity index (χ0v) is 11.5. The third-order valence-electron chi connectivity index (χ3n) is 3.47. The summed E-state index contributed by atoms with van der Waals surface area (Å²) in [5.41, 5.74) is 3.69. The monoisotopic (exact) mass is 306 g/mol. The Morgan fingerprint density at radius 3 is 2.45 bits per heavy atom. The molecular weight excluding hydrogens is 290 g/mol. The van der Waals surface area contributed by atoms with Crippen LogP contribution in [0.2, 0.25) is 0 Å². The molecule has 0 bridgehead atoms. The molecule has 0 radical (unpaired) electrons. The SMILES string of the molecule is Nc1cc(S(=O)(=O)NCC2(O)CCCC2)c(F)cc1F. The van der Waals surface area contributed by atoms with E-state index in [1.807, 2.05) is 0 Å². The van der Waals surface area contributed by atoms with E-state index in [2.05, 4.69) is 4.72 Å². The molecule has 8 heteroatoms. The van der Waals surface area contributed by atoms with Gasteiger partial charge in [0.1, 0.15) is 16.5 Å². The van der Waals surface area contributed by atoms with Crippen LogP contribution >= 0.6 is 0 Å². The molecule has 1 saturated carbocycles. The molecule has 0 aliphatic heterocycles. The summed E-state index contributed by atoms with van der Waals surface area (Å²) in [7, 11) is -4.19. The summed E-state index contributed by atoms with van der Waals surface area (Å²) < 4.78 is 52.7. The van der Waals surface area contributed by atoms with Crippen LogP contribution in [0.1, 0.15) is 25.7 Å². The second-order valence-corrected chi connectivity index (χ2v) is 6.80. The van der Waals surface area contributed by atoms with Crippen molar-refractivity contribution in [3.05, 3.63) is 23.8 Å². The van der Waals surface area contributed by atoms with E-state index in [0.29, 0.717) is 18.9 Å². The zero-order valence-electron chi connectivity index (χ0n) is 10.7. The number of nitrogens with one attached hydrogen (secondary N) is 1. The first-order valence-corrected chi connectivity index (χ1v) is 7.68. The van der Waals surface area contributed by atoms with E-state index in [1.165, 1.54) is 0 Å². The van der Waals surface area contributed by atoms with Crippen LogP contribution in [0.4, 0.5) is 14.5 Å². The third-order valence-corrected chi connectivity index (χ3v) is 4.88. The normalized spacial score (nSPS) is 18.4. The van der Waals surface area contributed by atoms with Crippen molar-refractivity contribution in [2.24, 2.45) is 0 Å². The minimum Gasteiger partial charge on any atom is -0.396 e. The zero-order chi connectivity index (χ0) is 15.0. The fourth-order valence-corrected chi connectivity index (χ4v) is 3.48. The van der Waals surface area contributed by atoms with Crippen molar-refractivity contribution in [1.82, 2.24) is 4.72 Å². The van der Waals surface area contributed by atoms with Gasteiger partial charge in [0.25, 0.3) is 0 Å². The molecule has 0 saturated heterocycles. The van der Waals surface area contributed by atoms with E-state index < -0.39 is 37.8 Å². The first-order valence-electron chi connectivity index (χ1n) is 6.20. The van der Waals surface area contributed by atoms with Crippen LogP contribution < -0.4 is 10.5 Å². The standard InChI is InChI=1S/C12H16F2N2O3S/c13-8-5-9(14)11(6-10(8)15)20(18,19)16-7-12(17)3-1-2-4-12/h5-6,16-17H,1-4,7,15H2. The Labute approximate surface area is 115 Å². The van der Waals surface area contributed by atoms with Gasteiger partial charge in [0.05, 0.1) is 11.3 Å². The Hall–Kier alpha value is -1.25. The molecule has 0 heterocycles. The molecule has 0 aromatic heterocycles. The van der Waals surface area contributed by atoms with Crippen LogP contribution in [0.5, 0.6) is 0 Å². The average Bonchev–Trinajstić information content (AvgIpc) is 2.79. The second kappa shape index (κ2) is 5.27. The van der Waals surface area contributed by atoms with Crippen molar-refractivity contribution < 1.29 is 22.3 Å². The quantitative estimate of drug-likeness (QED) is 0.727.